The molecule has 0 spiro atoms. The molecule has 0 saturated carbocycles. The number of aliphatic carboxylic acids is 1. The number of ether oxygens (including phenoxy) is 2. The third-order valence-corrected chi connectivity index (χ3v) is 4.00. The van der Waals surface area contributed by atoms with Crippen LogP contribution >= 0.6 is 0 Å². The Kier molecular flexibility index (Phi) is 12.0. The molecular weight excluding hydrogens is 362 g/mol. The molecule has 0 saturated heterocycles. The molecule has 164 valence electrons. The first-order chi connectivity index (χ1) is 12.9. The van der Waals surface area contributed by atoms with Gasteiger partial charge in [0.25, 0.3) is 0 Å². The number of carboxylic acids is 1. The zero-order chi connectivity index (χ0) is 21.8. The lowest BCUT2D eigenvalue weighted by atomic mass is 9.73. The second-order valence-corrected chi connectivity index (χ2v) is 8.73. The van der Waals surface area contributed by atoms with Gasteiger partial charge in [-0.05, 0) is 39.5 Å². The monoisotopic (exact) mass is 401 g/mol. The highest BCUT2D eigenvalue weighted by Gasteiger charge is 2.35. The minimum Gasteiger partial charge on any atom is -0.481 e. The average molecular weight is 402 g/mol. The minimum absolute atomic E-state index is 0.103. The lowest BCUT2D eigenvalue weighted by molar-refractivity contribution is -0.149. The zero-order valence-electron chi connectivity index (χ0n) is 18.3. The third kappa shape index (κ3) is 13.5. The van der Waals surface area contributed by atoms with Crippen LogP contribution in [0, 0.1) is 10.8 Å². The number of nitrogens with one attached hydrogen (secondary N) is 1. The summed E-state index contributed by atoms with van der Waals surface area (Å²) < 4.78 is 10.9. The Hall–Kier alpha value is -1.64. The van der Waals surface area contributed by atoms with E-state index in [2.05, 4.69) is 5.32 Å². The van der Waals surface area contributed by atoms with E-state index in [9.17, 15) is 14.7 Å². The van der Waals surface area contributed by atoms with Gasteiger partial charge in [-0.3, -0.25) is 9.59 Å². The number of carbonyl (C=O) groups is 2. The Morgan fingerprint density at radius 1 is 1.07 bits per heavy atom. The van der Waals surface area contributed by atoms with Crippen LogP contribution in [0.3, 0.4) is 0 Å². The quantitative estimate of drug-likeness (QED) is 0.219. The predicted molar refractivity (Wildman–Crippen MR) is 109 cm³/mol. The van der Waals surface area contributed by atoms with Gasteiger partial charge < -0.3 is 24.9 Å². The number of nitrogens with two attached hydrogens (primary N) is 1. The highest BCUT2D eigenvalue weighted by molar-refractivity contribution is 5.77. The smallest absolute Gasteiger partial charge is 0.309 e. The summed E-state index contributed by atoms with van der Waals surface area (Å²) in [6.07, 6.45) is 2.55. The van der Waals surface area contributed by atoms with Crippen molar-refractivity contribution in [2.75, 3.05) is 39.5 Å². The van der Waals surface area contributed by atoms with Crippen LogP contribution in [0.15, 0.2) is 11.8 Å². The maximum absolute atomic E-state index is 12.1. The highest BCUT2D eigenvalue weighted by Crippen LogP contribution is 2.36. The molecule has 0 aromatic heterocycles. The van der Waals surface area contributed by atoms with Crippen molar-refractivity contribution in [3.05, 3.63) is 11.8 Å². The summed E-state index contributed by atoms with van der Waals surface area (Å²) in [7, 11) is 0. The molecule has 0 aliphatic carbocycles. The van der Waals surface area contributed by atoms with Gasteiger partial charge in [-0.15, -0.1) is 0 Å². The number of hydrogen-bond acceptors (Lipinski definition) is 6. The van der Waals surface area contributed by atoms with Crippen molar-refractivity contribution in [3.63, 3.8) is 0 Å². The van der Waals surface area contributed by atoms with Crippen LogP contribution in [-0.2, 0) is 19.1 Å². The SMILES string of the molecule is CC(C)=CN(N)CCOCCOCCNC(=O)CC(C)(C)CC(C)(C)C(=O)O. The van der Waals surface area contributed by atoms with Gasteiger partial charge in [-0.25, -0.2) is 5.84 Å². The van der Waals surface area contributed by atoms with Crippen molar-refractivity contribution in [1.29, 1.82) is 0 Å². The first-order valence-electron chi connectivity index (χ1n) is 9.68. The van der Waals surface area contributed by atoms with Crippen molar-refractivity contribution in [2.45, 2.75) is 54.4 Å². The summed E-state index contributed by atoms with van der Waals surface area (Å²) in [6, 6.07) is 0. The van der Waals surface area contributed by atoms with Gasteiger partial charge >= 0.3 is 5.97 Å². The molecule has 8 heteroatoms. The van der Waals surface area contributed by atoms with E-state index in [1.165, 1.54) is 0 Å². The van der Waals surface area contributed by atoms with Crippen molar-refractivity contribution < 1.29 is 24.2 Å². The average Bonchev–Trinajstić information content (AvgIpc) is 2.50. The van der Waals surface area contributed by atoms with Crippen LogP contribution in [-0.4, -0.2) is 61.5 Å². The number of hydrogen-bond donors (Lipinski definition) is 3. The number of rotatable bonds is 15. The lowest BCUT2D eigenvalue weighted by Crippen LogP contribution is -2.35. The molecule has 0 unspecified atom stereocenters. The third-order valence-electron chi connectivity index (χ3n) is 4.00. The molecule has 8 nitrogen and oxygen atoms in total. The Labute approximate surface area is 169 Å². The molecule has 0 bridgehead atoms. The van der Waals surface area contributed by atoms with Crippen LogP contribution in [0.1, 0.15) is 54.4 Å². The Morgan fingerprint density at radius 2 is 1.64 bits per heavy atom. The molecule has 0 rings (SSSR count). The van der Waals surface area contributed by atoms with Gasteiger partial charge in [-0.2, -0.15) is 0 Å². The summed E-state index contributed by atoms with van der Waals surface area (Å²) >= 11 is 0. The standard InChI is InChI=1S/C20H39N3O5/c1-16(2)14-23(21)8-10-28-12-11-27-9-7-22-17(24)13-19(3,4)15-20(5,6)18(25)26/h14H,7-13,15,21H2,1-6H3,(H,22,24)(H,25,26). The summed E-state index contributed by atoms with van der Waals surface area (Å²) in [4.78, 5) is 23.3. The van der Waals surface area contributed by atoms with E-state index in [1.807, 2.05) is 33.9 Å². The highest BCUT2D eigenvalue weighted by atomic mass is 16.5. The number of nitrogens with zero attached hydrogens (tertiary/aromatic N) is 1. The van der Waals surface area contributed by atoms with Crippen LogP contribution in [0.2, 0.25) is 0 Å². The summed E-state index contributed by atoms with van der Waals surface area (Å²) in [5, 5.41) is 13.6. The zero-order valence-corrected chi connectivity index (χ0v) is 18.3. The Morgan fingerprint density at radius 3 is 2.18 bits per heavy atom. The molecule has 4 N–H and O–H groups in total. The van der Waals surface area contributed by atoms with Crippen molar-refractivity contribution in [3.8, 4) is 0 Å². The van der Waals surface area contributed by atoms with E-state index >= 15 is 0 Å². The second-order valence-electron chi connectivity index (χ2n) is 8.73. The fourth-order valence-electron chi connectivity index (χ4n) is 2.98. The normalized spacial score (nSPS) is 11.8. The number of amides is 1. The summed E-state index contributed by atoms with van der Waals surface area (Å²) in [5.41, 5.74) is -0.135. The van der Waals surface area contributed by atoms with Gasteiger partial charge in [0.05, 0.1) is 38.4 Å². The van der Waals surface area contributed by atoms with E-state index in [-0.39, 0.29) is 12.3 Å². The van der Waals surface area contributed by atoms with E-state index in [0.29, 0.717) is 45.9 Å². The molecule has 1 amide bonds. The van der Waals surface area contributed by atoms with Gasteiger partial charge in [-0.1, -0.05) is 19.4 Å². The largest absolute Gasteiger partial charge is 0.481 e. The number of carboxylic acid groups (broad SMARTS) is 1. The summed E-state index contributed by atoms with van der Waals surface area (Å²) in [5.74, 6) is 4.79. The Balaban J connectivity index is 3.80. The number of hydrazine groups is 1. The van der Waals surface area contributed by atoms with E-state index in [4.69, 9.17) is 15.3 Å². The van der Waals surface area contributed by atoms with Gasteiger partial charge in [0.1, 0.15) is 0 Å². The van der Waals surface area contributed by atoms with Crippen molar-refractivity contribution in [1.82, 2.24) is 10.3 Å². The van der Waals surface area contributed by atoms with E-state index in [1.54, 1.807) is 18.9 Å². The van der Waals surface area contributed by atoms with Gasteiger partial charge in [0.15, 0.2) is 0 Å². The fraction of sp³-hybridized carbons (Fsp3) is 0.800. The molecule has 0 fully saturated rings. The van der Waals surface area contributed by atoms with E-state index < -0.39 is 16.8 Å². The van der Waals surface area contributed by atoms with E-state index in [0.717, 1.165) is 5.57 Å². The molecule has 0 aromatic carbocycles. The first kappa shape index (κ1) is 26.4. The van der Waals surface area contributed by atoms with Crippen LogP contribution < -0.4 is 11.2 Å². The maximum atomic E-state index is 12.1. The van der Waals surface area contributed by atoms with Gasteiger partial charge in [0.2, 0.25) is 5.91 Å². The second kappa shape index (κ2) is 12.7. The van der Waals surface area contributed by atoms with Gasteiger partial charge in [0, 0.05) is 19.2 Å². The molecule has 0 aromatic rings. The molecule has 0 heterocycles. The molecule has 0 atom stereocenters. The van der Waals surface area contributed by atoms with Crippen LogP contribution in [0.4, 0.5) is 0 Å². The number of allylic oxidation sites excluding steroid dienone is 1. The first-order valence-corrected chi connectivity index (χ1v) is 9.68. The topological polar surface area (TPSA) is 114 Å². The molecule has 28 heavy (non-hydrogen) atoms. The Bertz CT molecular complexity index is 514. The van der Waals surface area contributed by atoms with Crippen LogP contribution in [0.5, 0.6) is 0 Å². The molecule has 0 radical (unpaired) electrons. The fourth-order valence-corrected chi connectivity index (χ4v) is 2.98. The lowest BCUT2D eigenvalue weighted by Gasteiger charge is -2.31. The maximum Gasteiger partial charge on any atom is 0.309 e. The number of carbonyl (C=O) groups excluding carboxylic acids is 1. The molecule has 0 aliphatic heterocycles. The van der Waals surface area contributed by atoms with Crippen molar-refractivity contribution >= 4 is 11.9 Å². The van der Waals surface area contributed by atoms with Crippen LogP contribution in [0.25, 0.3) is 0 Å². The summed E-state index contributed by atoms with van der Waals surface area (Å²) in [6.45, 7) is 14.0. The molecular formula is C20H39N3O5. The van der Waals surface area contributed by atoms with Crippen molar-refractivity contribution in [2.24, 2.45) is 16.7 Å². The predicted octanol–water partition coefficient (Wildman–Crippen LogP) is 2.15. The minimum atomic E-state index is -0.862. The molecule has 0 aliphatic rings.